The molecular formula is C22H27N5O3. The van der Waals surface area contributed by atoms with E-state index in [0.717, 1.165) is 36.9 Å². The van der Waals surface area contributed by atoms with Crippen LogP contribution in [0.1, 0.15) is 55.2 Å². The van der Waals surface area contributed by atoms with Crippen LogP contribution in [0, 0.1) is 13.8 Å². The minimum Gasteiger partial charge on any atom is -0.340 e. The lowest BCUT2D eigenvalue weighted by Crippen LogP contribution is -2.42. The van der Waals surface area contributed by atoms with Crippen molar-refractivity contribution in [3.05, 3.63) is 45.2 Å². The molecule has 2 amide bonds. The van der Waals surface area contributed by atoms with Gasteiger partial charge in [-0.15, -0.1) is 0 Å². The van der Waals surface area contributed by atoms with Gasteiger partial charge in [-0.1, -0.05) is 17.7 Å². The number of H-pyrrole nitrogens is 1. The normalized spacial score (nSPS) is 21.0. The number of carbonyl (C=O) groups excluding carboxylic acids is 2. The zero-order valence-corrected chi connectivity index (χ0v) is 17.5. The first kappa shape index (κ1) is 20.1. The molecule has 158 valence electrons. The summed E-state index contributed by atoms with van der Waals surface area (Å²) in [7, 11) is 0. The molecule has 0 spiro atoms. The molecule has 1 aromatic carbocycles. The molecule has 8 heteroatoms. The van der Waals surface area contributed by atoms with Gasteiger partial charge in [0.25, 0.3) is 5.56 Å². The fraction of sp³-hybridized carbons (Fsp3) is 0.455. The molecule has 2 atom stereocenters. The van der Waals surface area contributed by atoms with E-state index in [-0.39, 0.29) is 41.2 Å². The number of amides is 2. The first-order valence-corrected chi connectivity index (χ1v) is 10.4. The Morgan fingerprint density at radius 2 is 2.03 bits per heavy atom. The van der Waals surface area contributed by atoms with Gasteiger partial charge in [0.2, 0.25) is 17.8 Å². The summed E-state index contributed by atoms with van der Waals surface area (Å²) in [4.78, 5) is 47.7. The minimum atomic E-state index is -0.890. The topological polar surface area (TPSA) is 107 Å². The van der Waals surface area contributed by atoms with E-state index in [1.54, 1.807) is 0 Å². The number of aromatic amines is 1. The fourth-order valence-electron chi connectivity index (χ4n) is 4.31. The summed E-state index contributed by atoms with van der Waals surface area (Å²) in [6, 6.07) is 5.96. The molecule has 2 aliphatic heterocycles. The first-order valence-electron chi connectivity index (χ1n) is 10.4. The monoisotopic (exact) mass is 409 g/mol. The second-order valence-electron chi connectivity index (χ2n) is 8.30. The Bertz CT molecular complexity index is 1060. The molecular weight excluding hydrogens is 382 g/mol. The van der Waals surface area contributed by atoms with Gasteiger partial charge in [0.15, 0.2) is 0 Å². The second-order valence-corrected chi connectivity index (χ2v) is 8.30. The molecule has 0 aliphatic carbocycles. The number of hydrogen-bond acceptors (Lipinski definition) is 5. The highest BCUT2D eigenvalue weighted by Gasteiger charge is 2.35. The highest BCUT2D eigenvalue weighted by molar-refractivity contribution is 6.04. The van der Waals surface area contributed by atoms with E-state index in [9.17, 15) is 14.4 Å². The van der Waals surface area contributed by atoms with Crippen LogP contribution in [0.2, 0.25) is 0 Å². The van der Waals surface area contributed by atoms with Gasteiger partial charge in [-0.3, -0.25) is 19.4 Å². The largest absolute Gasteiger partial charge is 0.340 e. The van der Waals surface area contributed by atoms with Crippen LogP contribution in [0.3, 0.4) is 0 Å². The maximum Gasteiger partial charge on any atom is 0.258 e. The van der Waals surface area contributed by atoms with Crippen LogP contribution >= 0.6 is 0 Å². The molecule has 1 aromatic heterocycles. The van der Waals surface area contributed by atoms with Gasteiger partial charge in [0.05, 0.1) is 11.5 Å². The molecule has 0 saturated carbocycles. The van der Waals surface area contributed by atoms with Crippen molar-refractivity contribution < 1.29 is 9.59 Å². The third kappa shape index (κ3) is 3.81. The molecule has 0 radical (unpaired) electrons. The van der Waals surface area contributed by atoms with Crippen LogP contribution in [0.5, 0.6) is 0 Å². The van der Waals surface area contributed by atoms with Crippen molar-refractivity contribution in [1.29, 1.82) is 0 Å². The lowest BCUT2D eigenvalue weighted by Gasteiger charge is -2.34. The molecule has 3 heterocycles. The van der Waals surface area contributed by atoms with E-state index < -0.39 is 5.92 Å². The zero-order chi connectivity index (χ0) is 21.4. The molecule has 30 heavy (non-hydrogen) atoms. The average Bonchev–Trinajstić information content (AvgIpc) is 2.69. The van der Waals surface area contributed by atoms with Crippen molar-refractivity contribution in [2.24, 2.45) is 0 Å². The number of fused-ring (bicyclic) bond motifs is 1. The Kier molecular flexibility index (Phi) is 5.32. The highest BCUT2D eigenvalue weighted by Crippen LogP contribution is 2.31. The highest BCUT2D eigenvalue weighted by atomic mass is 16.2. The van der Waals surface area contributed by atoms with E-state index in [2.05, 4.69) is 32.4 Å². The molecule has 2 aromatic rings. The van der Waals surface area contributed by atoms with Crippen molar-refractivity contribution in [1.82, 2.24) is 9.97 Å². The van der Waals surface area contributed by atoms with Gasteiger partial charge in [0, 0.05) is 24.7 Å². The predicted octanol–water partition coefficient (Wildman–Crippen LogP) is 2.83. The van der Waals surface area contributed by atoms with Crippen LogP contribution in [-0.4, -0.2) is 34.4 Å². The Morgan fingerprint density at radius 1 is 1.23 bits per heavy atom. The number of benzene rings is 1. The van der Waals surface area contributed by atoms with Gasteiger partial charge < -0.3 is 15.5 Å². The first-order chi connectivity index (χ1) is 14.3. The van der Waals surface area contributed by atoms with Crippen molar-refractivity contribution in [3.8, 4) is 0 Å². The average molecular weight is 409 g/mol. The smallest absolute Gasteiger partial charge is 0.258 e. The Hall–Kier alpha value is -3.16. The number of hydrogen-bond donors (Lipinski definition) is 3. The quantitative estimate of drug-likeness (QED) is 0.723. The van der Waals surface area contributed by atoms with E-state index >= 15 is 0 Å². The summed E-state index contributed by atoms with van der Waals surface area (Å²) in [5.41, 5.74) is 2.51. The third-order valence-corrected chi connectivity index (χ3v) is 5.97. The standard InChI is InChI=1S/C22H27N5O3/c1-12-7-8-16(13(2)10-12)23-20(29)15-11-17(28)24-19-18(15)21(30)26-22(25-19)27-9-5-4-6-14(27)3/h7-8,10,14-15H,4-6,9,11H2,1-3H3,(H,23,29)(H2,24,25,26,28,30). The summed E-state index contributed by atoms with van der Waals surface area (Å²) in [5, 5.41) is 5.56. The van der Waals surface area contributed by atoms with E-state index in [0.29, 0.717) is 11.6 Å². The molecule has 0 bridgehead atoms. The number of aromatic nitrogens is 2. The van der Waals surface area contributed by atoms with Crippen LogP contribution in [0.4, 0.5) is 17.5 Å². The number of piperidine rings is 1. The maximum absolute atomic E-state index is 13.0. The fourth-order valence-corrected chi connectivity index (χ4v) is 4.31. The summed E-state index contributed by atoms with van der Waals surface area (Å²) in [5.74, 6) is -0.966. The van der Waals surface area contributed by atoms with Gasteiger partial charge in [-0.25, -0.2) is 0 Å². The van der Waals surface area contributed by atoms with Crippen LogP contribution in [0.25, 0.3) is 0 Å². The predicted molar refractivity (Wildman–Crippen MR) is 116 cm³/mol. The van der Waals surface area contributed by atoms with E-state index in [1.165, 1.54) is 0 Å². The zero-order valence-electron chi connectivity index (χ0n) is 17.5. The van der Waals surface area contributed by atoms with Crippen LogP contribution < -0.4 is 21.1 Å². The lowest BCUT2D eigenvalue weighted by atomic mass is 9.92. The number of aryl methyl sites for hydroxylation is 2. The molecule has 8 nitrogen and oxygen atoms in total. The van der Waals surface area contributed by atoms with Crippen molar-refractivity contribution in [2.75, 3.05) is 22.1 Å². The molecule has 1 fully saturated rings. The summed E-state index contributed by atoms with van der Waals surface area (Å²) >= 11 is 0. The van der Waals surface area contributed by atoms with Gasteiger partial charge >= 0.3 is 0 Å². The Morgan fingerprint density at radius 3 is 2.77 bits per heavy atom. The lowest BCUT2D eigenvalue weighted by molar-refractivity contribution is -0.123. The summed E-state index contributed by atoms with van der Waals surface area (Å²) < 4.78 is 0. The number of nitrogens with one attached hydrogen (secondary N) is 3. The second kappa shape index (κ2) is 7.93. The third-order valence-electron chi connectivity index (χ3n) is 5.97. The minimum absolute atomic E-state index is 0.0893. The van der Waals surface area contributed by atoms with Crippen molar-refractivity contribution in [3.63, 3.8) is 0 Å². The maximum atomic E-state index is 13.0. The van der Waals surface area contributed by atoms with E-state index in [1.807, 2.05) is 32.0 Å². The van der Waals surface area contributed by atoms with E-state index in [4.69, 9.17) is 0 Å². The number of rotatable bonds is 3. The van der Waals surface area contributed by atoms with Crippen LogP contribution in [0.15, 0.2) is 23.0 Å². The molecule has 1 saturated heterocycles. The number of anilines is 3. The van der Waals surface area contributed by atoms with Crippen molar-refractivity contribution >= 4 is 29.3 Å². The summed E-state index contributed by atoms with van der Waals surface area (Å²) in [6.45, 7) is 6.78. The van der Waals surface area contributed by atoms with Gasteiger partial charge in [-0.05, 0) is 51.7 Å². The van der Waals surface area contributed by atoms with Crippen molar-refractivity contribution in [2.45, 2.75) is 58.4 Å². The SMILES string of the molecule is Cc1ccc(NC(=O)C2CC(=O)Nc3nc(N4CCCCC4C)[nH]c(=O)c32)c(C)c1. The molecule has 3 N–H and O–H groups in total. The number of carbonyl (C=O) groups is 2. The molecule has 2 aliphatic rings. The Labute approximate surface area is 175 Å². The molecule has 2 unspecified atom stereocenters. The van der Waals surface area contributed by atoms with Gasteiger partial charge in [-0.2, -0.15) is 4.98 Å². The van der Waals surface area contributed by atoms with Crippen LogP contribution in [-0.2, 0) is 9.59 Å². The Balaban J connectivity index is 1.66. The number of nitrogens with zero attached hydrogens (tertiary/aromatic N) is 2. The summed E-state index contributed by atoms with van der Waals surface area (Å²) in [6.07, 6.45) is 3.10. The molecule has 4 rings (SSSR count). The van der Waals surface area contributed by atoms with Gasteiger partial charge in [0.1, 0.15) is 5.82 Å².